The third-order valence-corrected chi connectivity index (χ3v) is 2.69. The van der Waals surface area contributed by atoms with E-state index in [4.69, 9.17) is 9.47 Å². The first-order valence-corrected chi connectivity index (χ1v) is 7.07. The normalized spacial score (nSPS) is 10.5. The number of benzene rings is 1. The highest BCUT2D eigenvalue weighted by atomic mass is 16.5. The van der Waals surface area contributed by atoms with Crippen molar-refractivity contribution in [3.8, 4) is 5.75 Å². The lowest BCUT2D eigenvalue weighted by atomic mass is 10.2. The van der Waals surface area contributed by atoms with Crippen molar-refractivity contribution in [2.75, 3.05) is 6.61 Å². The van der Waals surface area contributed by atoms with Crippen molar-refractivity contribution in [1.82, 2.24) is 0 Å². The summed E-state index contributed by atoms with van der Waals surface area (Å²) >= 11 is 0. The third-order valence-electron chi connectivity index (χ3n) is 2.69. The quantitative estimate of drug-likeness (QED) is 0.521. The molecule has 0 aliphatic heterocycles. The van der Waals surface area contributed by atoms with Gasteiger partial charge in [-0.2, -0.15) is 0 Å². The minimum Gasteiger partial charge on any atom is -0.491 e. The van der Waals surface area contributed by atoms with Crippen LogP contribution in [0.25, 0.3) is 0 Å². The number of rotatable bonds is 8. The maximum absolute atomic E-state index is 11.7. The van der Waals surface area contributed by atoms with E-state index in [0.29, 0.717) is 12.2 Å². The summed E-state index contributed by atoms with van der Waals surface area (Å²) in [6.07, 6.45) is 4.57. The molecule has 0 saturated carbocycles. The summed E-state index contributed by atoms with van der Waals surface area (Å²) in [5.41, 5.74) is 0.576. The van der Waals surface area contributed by atoms with Crippen LogP contribution in [0.4, 0.5) is 0 Å². The lowest BCUT2D eigenvalue weighted by molar-refractivity contribution is 0.0498. The van der Waals surface area contributed by atoms with E-state index in [1.165, 1.54) is 12.8 Å². The molecule has 1 aromatic carbocycles. The number of hydrogen-bond acceptors (Lipinski definition) is 3. The predicted molar refractivity (Wildman–Crippen MR) is 76.6 cm³/mol. The fraction of sp³-hybridized carbons (Fsp3) is 0.562. The highest BCUT2D eigenvalue weighted by Gasteiger charge is 2.07. The molecule has 0 radical (unpaired) electrons. The van der Waals surface area contributed by atoms with Crippen LogP contribution in [0, 0.1) is 0 Å². The Labute approximate surface area is 115 Å². The molecule has 0 bridgehead atoms. The van der Waals surface area contributed by atoms with Gasteiger partial charge in [0.1, 0.15) is 5.75 Å². The van der Waals surface area contributed by atoms with Crippen LogP contribution < -0.4 is 4.74 Å². The number of carbonyl (C=O) groups is 1. The number of esters is 1. The van der Waals surface area contributed by atoms with Gasteiger partial charge in [0.25, 0.3) is 0 Å². The molecule has 0 saturated heterocycles. The van der Waals surface area contributed by atoms with Crippen LogP contribution in [0.1, 0.15) is 56.8 Å². The third kappa shape index (κ3) is 6.27. The second-order valence-electron chi connectivity index (χ2n) is 4.89. The van der Waals surface area contributed by atoms with Gasteiger partial charge < -0.3 is 9.47 Å². The minimum atomic E-state index is -0.257. The highest BCUT2D eigenvalue weighted by Crippen LogP contribution is 2.14. The van der Waals surface area contributed by atoms with Crippen molar-refractivity contribution < 1.29 is 14.3 Å². The summed E-state index contributed by atoms with van der Waals surface area (Å²) in [7, 11) is 0. The summed E-state index contributed by atoms with van der Waals surface area (Å²) in [5, 5.41) is 0. The van der Waals surface area contributed by atoms with E-state index in [9.17, 15) is 4.79 Å². The van der Waals surface area contributed by atoms with Gasteiger partial charge in [-0.25, -0.2) is 4.79 Å². The fourth-order valence-corrected chi connectivity index (χ4v) is 1.72. The fourth-order valence-electron chi connectivity index (χ4n) is 1.72. The number of carbonyl (C=O) groups excluding carboxylic acids is 1. The first kappa shape index (κ1) is 15.5. The van der Waals surface area contributed by atoms with Crippen molar-refractivity contribution in [1.29, 1.82) is 0 Å². The van der Waals surface area contributed by atoms with Gasteiger partial charge in [-0.15, -0.1) is 0 Å². The van der Waals surface area contributed by atoms with E-state index in [1.54, 1.807) is 24.3 Å². The van der Waals surface area contributed by atoms with Crippen molar-refractivity contribution in [3.05, 3.63) is 29.8 Å². The van der Waals surface area contributed by atoms with Gasteiger partial charge in [0.15, 0.2) is 0 Å². The van der Waals surface area contributed by atoms with Crippen LogP contribution in [0.2, 0.25) is 0 Å². The van der Waals surface area contributed by atoms with Gasteiger partial charge in [0.05, 0.1) is 18.3 Å². The predicted octanol–water partition coefficient (Wildman–Crippen LogP) is 4.21. The Morgan fingerprint density at radius 1 is 1.11 bits per heavy atom. The monoisotopic (exact) mass is 264 g/mol. The Hall–Kier alpha value is -1.51. The number of unbranched alkanes of at least 4 members (excludes halogenated alkanes) is 3. The topological polar surface area (TPSA) is 35.5 Å². The molecule has 0 fully saturated rings. The molecule has 0 unspecified atom stereocenters. The summed E-state index contributed by atoms with van der Waals surface area (Å²) in [4.78, 5) is 11.7. The van der Waals surface area contributed by atoms with Crippen LogP contribution in [0.5, 0.6) is 5.75 Å². The summed E-state index contributed by atoms with van der Waals surface area (Å²) in [6, 6.07) is 7.08. The molecule has 0 amide bonds. The van der Waals surface area contributed by atoms with Gasteiger partial charge in [-0.1, -0.05) is 26.2 Å². The Morgan fingerprint density at radius 3 is 2.37 bits per heavy atom. The molecule has 19 heavy (non-hydrogen) atoms. The van der Waals surface area contributed by atoms with Crippen LogP contribution in [-0.4, -0.2) is 18.7 Å². The minimum absolute atomic E-state index is 0.136. The van der Waals surface area contributed by atoms with Crippen molar-refractivity contribution >= 4 is 5.97 Å². The average Bonchev–Trinajstić information content (AvgIpc) is 2.38. The molecule has 3 nitrogen and oxygen atoms in total. The molecule has 1 rings (SSSR count). The first-order chi connectivity index (χ1) is 9.13. The summed E-state index contributed by atoms with van der Waals surface area (Å²) in [6.45, 7) is 6.60. The first-order valence-electron chi connectivity index (χ1n) is 7.07. The van der Waals surface area contributed by atoms with Crippen molar-refractivity contribution in [2.45, 2.75) is 52.6 Å². The molecule has 0 N–H and O–H groups in total. The van der Waals surface area contributed by atoms with Crippen LogP contribution >= 0.6 is 0 Å². The van der Waals surface area contributed by atoms with E-state index in [-0.39, 0.29) is 12.1 Å². The Balaban J connectivity index is 2.36. The zero-order valence-electron chi connectivity index (χ0n) is 12.1. The Kier molecular flexibility index (Phi) is 7.01. The SMILES string of the molecule is CCCCCCOC(=O)c1ccc(OC(C)C)cc1. The van der Waals surface area contributed by atoms with Crippen LogP contribution in [0.3, 0.4) is 0 Å². The molecule has 1 aromatic rings. The Morgan fingerprint density at radius 2 is 1.79 bits per heavy atom. The van der Waals surface area contributed by atoms with E-state index in [2.05, 4.69) is 6.92 Å². The van der Waals surface area contributed by atoms with E-state index >= 15 is 0 Å². The molecular weight excluding hydrogens is 240 g/mol. The van der Waals surface area contributed by atoms with E-state index in [0.717, 1.165) is 18.6 Å². The summed E-state index contributed by atoms with van der Waals surface area (Å²) in [5.74, 6) is 0.516. The molecule has 0 aliphatic carbocycles. The molecule has 0 heterocycles. The standard InChI is InChI=1S/C16H24O3/c1-4-5-6-7-12-18-16(17)14-8-10-15(11-9-14)19-13(2)3/h8-11,13H,4-7,12H2,1-3H3. The van der Waals surface area contributed by atoms with Gasteiger partial charge in [0, 0.05) is 0 Å². The maximum atomic E-state index is 11.7. The maximum Gasteiger partial charge on any atom is 0.338 e. The smallest absolute Gasteiger partial charge is 0.338 e. The molecule has 0 aliphatic rings. The van der Waals surface area contributed by atoms with Gasteiger partial charge in [0.2, 0.25) is 0 Å². The zero-order valence-corrected chi connectivity index (χ0v) is 12.1. The van der Waals surface area contributed by atoms with Crippen molar-refractivity contribution in [2.24, 2.45) is 0 Å². The summed E-state index contributed by atoms with van der Waals surface area (Å²) < 4.78 is 10.7. The second-order valence-corrected chi connectivity index (χ2v) is 4.89. The highest BCUT2D eigenvalue weighted by molar-refractivity contribution is 5.89. The Bertz CT molecular complexity index is 368. The van der Waals surface area contributed by atoms with Crippen LogP contribution in [-0.2, 0) is 4.74 Å². The van der Waals surface area contributed by atoms with E-state index in [1.807, 2.05) is 13.8 Å². The molecule has 0 spiro atoms. The molecule has 106 valence electrons. The lowest BCUT2D eigenvalue weighted by Crippen LogP contribution is -2.08. The zero-order chi connectivity index (χ0) is 14.1. The van der Waals surface area contributed by atoms with Gasteiger partial charge in [-0.3, -0.25) is 0 Å². The van der Waals surface area contributed by atoms with Crippen LogP contribution in [0.15, 0.2) is 24.3 Å². The molecular formula is C16H24O3. The number of ether oxygens (including phenoxy) is 2. The van der Waals surface area contributed by atoms with Gasteiger partial charge in [-0.05, 0) is 44.5 Å². The largest absolute Gasteiger partial charge is 0.491 e. The molecule has 3 heteroatoms. The molecule has 0 aromatic heterocycles. The number of hydrogen-bond donors (Lipinski definition) is 0. The lowest BCUT2D eigenvalue weighted by Gasteiger charge is -2.10. The van der Waals surface area contributed by atoms with Crippen molar-refractivity contribution in [3.63, 3.8) is 0 Å². The van der Waals surface area contributed by atoms with E-state index < -0.39 is 0 Å². The molecule has 0 atom stereocenters. The second kappa shape index (κ2) is 8.57. The van der Waals surface area contributed by atoms with Gasteiger partial charge >= 0.3 is 5.97 Å². The average molecular weight is 264 g/mol.